The molecule has 0 saturated heterocycles. The summed E-state index contributed by atoms with van der Waals surface area (Å²) in [4.78, 5) is 11.8. The molecule has 3 fully saturated rings. The number of carbonyl (C=O) groups is 1. The Kier molecular flexibility index (Phi) is 1.86. The van der Waals surface area contributed by atoms with Gasteiger partial charge in [-0.05, 0) is 56.8 Å². The van der Waals surface area contributed by atoms with Gasteiger partial charge in [-0.3, -0.25) is 4.79 Å². The van der Waals surface area contributed by atoms with Crippen LogP contribution in [-0.4, -0.2) is 11.9 Å². The smallest absolute Gasteiger partial charge is 0.223 e. The summed E-state index contributed by atoms with van der Waals surface area (Å²) in [6, 6.07) is 0.430. The number of amides is 1. The molecule has 0 aliphatic heterocycles. The fourth-order valence-corrected chi connectivity index (χ4v) is 2.99. The summed E-state index contributed by atoms with van der Waals surface area (Å²) in [5, 5.41) is 3.19. The zero-order valence-corrected chi connectivity index (χ0v) is 8.83. The maximum Gasteiger partial charge on any atom is 0.223 e. The van der Waals surface area contributed by atoms with Crippen molar-refractivity contribution in [2.24, 2.45) is 23.7 Å². The molecule has 0 aromatic heterocycles. The zero-order chi connectivity index (χ0) is 9.71. The molecule has 3 aliphatic carbocycles. The molecule has 0 spiro atoms. The number of hydrogen-bond donors (Lipinski definition) is 1. The second-order valence-corrected chi connectivity index (χ2v) is 5.56. The molecule has 78 valence electrons. The molecular weight excluding hydrogens is 174 g/mol. The van der Waals surface area contributed by atoms with Crippen LogP contribution < -0.4 is 5.32 Å². The lowest BCUT2D eigenvalue weighted by atomic mass is 10.0. The molecule has 14 heavy (non-hydrogen) atoms. The first-order valence-corrected chi connectivity index (χ1v) is 6.04. The summed E-state index contributed by atoms with van der Waals surface area (Å²) in [7, 11) is 0. The van der Waals surface area contributed by atoms with Crippen LogP contribution >= 0.6 is 0 Å². The molecule has 0 bridgehead atoms. The van der Waals surface area contributed by atoms with Crippen LogP contribution in [0.1, 0.15) is 39.0 Å². The summed E-state index contributed by atoms with van der Waals surface area (Å²) >= 11 is 0. The van der Waals surface area contributed by atoms with Crippen LogP contribution in [-0.2, 0) is 4.79 Å². The topological polar surface area (TPSA) is 29.1 Å². The molecular formula is C12H19NO. The highest BCUT2D eigenvalue weighted by Crippen LogP contribution is 2.54. The molecule has 0 aromatic carbocycles. The third-order valence-electron chi connectivity index (χ3n) is 4.31. The Bertz CT molecular complexity index is 249. The second-order valence-electron chi connectivity index (χ2n) is 5.56. The Morgan fingerprint density at radius 1 is 1.21 bits per heavy atom. The predicted molar refractivity (Wildman–Crippen MR) is 54.6 cm³/mol. The second kappa shape index (κ2) is 2.98. The van der Waals surface area contributed by atoms with Crippen molar-refractivity contribution in [2.45, 2.75) is 45.1 Å². The van der Waals surface area contributed by atoms with Crippen LogP contribution in [0.5, 0.6) is 0 Å². The summed E-state index contributed by atoms with van der Waals surface area (Å²) < 4.78 is 0. The highest BCUT2D eigenvalue weighted by molar-refractivity contribution is 5.79. The van der Waals surface area contributed by atoms with Crippen LogP contribution in [0.3, 0.4) is 0 Å². The number of carbonyl (C=O) groups excluding carboxylic acids is 1. The van der Waals surface area contributed by atoms with E-state index in [1.54, 1.807) is 0 Å². The molecule has 3 atom stereocenters. The van der Waals surface area contributed by atoms with Gasteiger partial charge in [0, 0.05) is 12.0 Å². The average molecular weight is 193 g/mol. The van der Waals surface area contributed by atoms with Crippen LogP contribution in [0.4, 0.5) is 0 Å². The maximum atomic E-state index is 11.8. The van der Waals surface area contributed by atoms with Crippen molar-refractivity contribution in [3.8, 4) is 0 Å². The van der Waals surface area contributed by atoms with Gasteiger partial charge in [0.1, 0.15) is 0 Å². The average Bonchev–Trinajstić information content (AvgIpc) is 3.05. The van der Waals surface area contributed by atoms with E-state index in [1.165, 1.54) is 32.1 Å². The number of fused-ring (bicyclic) bond motifs is 1. The minimum Gasteiger partial charge on any atom is -0.353 e. The van der Waals surface area contributed by atoms with Gasteiger partial charge in [0.2, 0.25) is 5.91 Å². The SMILES string of the molecule is CC(NC(=O)C1CC2CC2C1)C1CC1. The Morgan fingerprint density at radius 2 is 1.86 bits per heavy atom. The molecule has 2 heteroatoms. The van der Waals surface area contributed by atoms with Gasteiger partial charge in [-0.2, -0.15) is 0 Å². The molecule has 1 amide bonds. The molecule has 3 unspecified atom stereocenters. The third kappa shape index (κ3) is 1.55. The van der Waals surface area contributed by atoms with E-state index in [9.17, 15) is 4.79 Å². The van der Waals surface area contributed by atoms with Gasteiger partial charge >= 0.3 is 0 Å². The fraction of sp³-hybridized carbons (Fsp3) is 0.917. The van der Waals surface area contributed by atoms with Crippen molar-refractivity contribution in [2.75, 3.05) is 0 Å². The van der Waals surface area contributed by atoms with Crippen molar-refractivity contribution >= 4 is 5.91 Å². The Hall–Kier alpha value is -0.530. The van der Waals surface area contributed by atoms with Gasteiger partial charge in [0.25, 0.3) is 0 Å². The van der Waals surface area contributed by atoms with Gasteiger partial charge in [0.05, 0.1) is 0 Å². The first-order valence-electron chi connectivity index (χ1n) is 6.04. The Labute approximate surface area is 85.4 Å². The van der Waals surface area contributed by atoms with E-state index >= 15 is 0 Å². The zero-order valence-electron chi connectivity index (χ0n) is 8.83. The van der Waals surface area contributed by atoms with Gasteiger partial charge in [-0.15, -0.1) is 0 Å². The lowest BCUT2D eigenvalue weighted by Gasteiger charge is -2.17. The fourth-order valence-electron chi connectivity index (χ4n) is 2.99. The maximum absolute atomic E-state index is 11.8. The van der Waals surface area contributed by atoms with Gasteiger partial charge < -0.3 is 5.32 Å². The van der Waals surface area contributed by atoms with E-state index in [0.29, 0.717) is 17.9 Å². The first-order chi connectivity index (χ1) is 6.74. The van der Waals surface area contributed by atoms with Crippen molar-refractivity contribution in [3.05, 3.63) is 0 Å². The van der Waals surface area contributed by atoms with Crippen LogP contribution in [0.15, 0.2) is 0 Å². The van der Waals surface area contributed by atoms with Crippen LogP contribution in [0.25, 0.3) is 0 Å². The van der Waals surface area contributed by atoms with Crippen molar-refractivity contribution < 1.29 is 4.79 Å². The molecule has 3 rings (SSSR count). The van der Waals surface area contributed by atoms with E-state index in [2.05, 4.69) is 12.2 Å². The number of rotatable bonds is 3. The normalized spacial score (nSPS) is 41.6. The van der Waals surface area contributed by atoms with Crippen LogP contribution in [0, 0.1) is 23.7 Å². The quantitative estimate of drug-likeness (QED) is 0.729. The monoisotopic (exact) mass is 193 g/mol. The summed E-state index contributed by atoms with van der Waals surface area (Å²) in [6.07, 6.45) is 6.39. The summed E-state index contributed by atoms with van der Waals surface area (Å²) in [5.41, 5.74) is 0. The largest absolute Gasteiger partial charge is 0.353 e. The number of nitrogens with one attached hydrogen (secondary N) is 1. The van der Waals surface area contributed by atoms with Gasteiger partial charge in [0.15, 0.2) is 0 Å². The predicted octanol–water partition coefficient (Wildman–Crippen LogP) is 1.95. The van der Waals surface area contributed by atoms with Crippen LogP contribution in [0.2, 0.25) is 0 Å². The molecule has 3 aliphatic rings. The molecule has 3 saturated carbocycles. The highest BCUT2D eigenvalue weighted by Gasteiger charge is 2.48. The lowest BCUT2D eigenvalue weighted by Crippen LogP contribution is -2.38. The summed E-state index contributed by atoms with van der Waals surface area (Å²) in [5.74, 6) is 3.33. The molecule has 0 heterocycles. The first kappa shape index (κ1) is 8.75. The van der Waals surface area contributed by atoms with Gasteiger partial charge in [-0.25, -0.2) is 0 Å². The van der Waals surface area contributed by atoms with Crippen molar-refractivity contribution in [1.29, 1.82) is 0 Å². The Morgan fingerprint density at radius 3 is 2.43 bits per heavy atom. The minimum absolute atomic E-state index is 0.344. The summed E-state index contributed by atoms with van der Waals surface area (Å²) in [6.45, 7) is 2.16. The third-order valence-corrected chi connectivity index (χ3v) is 4.31. The van der Waals surface area contributed by atoms with E-state index in [-0.39, 0.29) is 0 Å². The van der Waals surface area contributed by atoms with E-state index in [4.69, 9.17) is 0 Å². The Balaban J connectivity index is 1.49. The van der Waals surface area contributed by atoms with Crippen molar-refractivity contribution in [3.63, 3.8) is 0 Å². The van der Waals surface area contributed by atoms with E-state index < -0.39 is 0 Å². The minimum atomic E-state index is 0.344. The molecule has 0 radical (unpaired) electrons. The molecule has 0 aromatic rings. The lowest BCUT2D eigenvalue weighted by molar-refractivity contribution is -0.125. The number of hydrogen-bond acceptors (Lipinski definition) is 1. The standard InChI is InChI=1S/C12H19NO/c1-7(8-2-3-8)13-12(14)11-5-9-4-10(9)6-11/h7-11H,2-6H2,1H3,(H,13,14). The van der Waals surface area contributed by atoms with E-state index in [1.807, 2.05) is 0 Å². The van der Waals surface area contributed by atoms with Gasteiger partial charge in [-0.1, -0.05) is 0 Å². The molecule has 1 N–H and O–H groups in total. The molecule has 2 nitrogen and oxygen atoms in total. The van der Waals surface area contributed by atoms with Crippen molar-refractivity contribution in [1.82, 2.24) is 5.32 Å². The highest BCUT2D eigenvalue weighted by atomic mass is 16.1. The van der Waals surface area contributed by atoms with E-state index in [0.717, 1.165) is 17.8 Å².